The van der Waals surface area contributed by atoms with E-state index in [1.165, 1.54) is 0 Å². The summed E-state index contributed by atoms with van der Waals surface area (Å²) < 4.78 is 7.77. The molecule has 7 heteroatoms. The number of hydrogen-bond acceptors (Lipinski definition) is 4. The highest BCUT2D eigenvalue weighted by Crippen LogP contribution is 2.19. The Morgan fingerprint density at radius 3 is 2.72 bits per heavy atom. The Morgan fingerprint density at radius 1 is 1.17 bits per heavy atom. The number of para-hydroxylation sites is 3. The van der Waals surface area contributed by atoms with Gasteiger partial charge in [-0.25, -0.2) is 4.98 Å². The normalized spacial score (nSPS) is 16.7. The van der Waals surface area contributed by atoms with Gasteiger partial charge in [0.1, 0.15) is 30.8 Å². The lowest BCUT2D eigenvalue weighted by atomic mass is 10.1. The molecule has 0 saturated carbocycles. The van der Waals surface area contributed by atoms with Crippen LogP contribution < -0.4 is 10.1 Å². The molecule has 0 radical (unpaired) electrons. The molecule has 7 nitrogen and oxygen atoms in total. The third-order valence-electron chi connectivity index (χ3n) is 5.18. The molecule has 150 valence electrons. The van der Waals surface area contributed by atoms with Gasteiger partial charge >= 0.3 is 0 Å². The molecule has 1 aliphatic rings. The van der Waals surface area contributed by atoms with Crippen molar-refractivity contribution in [3.05, 3.63) is 60.4 Å². The largest absolute Gasteiger partial charge is 0.486 e. The fraction of sp³-hybridized carbons (Fsp3) is 0.318. The minimum absolute atomic E-state index is 0.0872. The Morgan fingerprint density at radius 2 is 1.93 bits per heavy atom. The van der Waals surface area contributed by atoms with Crippen molar-refractivity contribution < 1.29 is 14.3 Å². The Kier molecular flexibility index (Phi) is 5.46. The minimum atomic E-state index is -0.421. The van der Waals surface area contributed by atoms with Gasteiger partial charge in [-0.1, -0.05) is 37.3 Å². The molecule has 1 unspecified atom stereocenters. The molecular formula is C22H24N4O3. The highest BCUT2D eigenvalue weighted by molar-refractivity contribution is 5.89. The number of carbonyl (C=O) groups excluding carboxylic acids is 2. The number of benzene rings is 2. The van der Waals surface area contributed by atoms with Crippen LogP contribution in [-0.4, -0.2) is 45.4 Å². The minimum Gasteiger partial charge on any atom is -0.486 e. The van der Waals surface area contributed by atoms with Crippen LogP contribution in [0, 0.1) is 0 Å². The van der Waals surface area contributed by atoms with Crippen molar-refractivity contribution in [2.75, 3.05) is 13.1 Å². The van der Waals surface area contributed by atoms with E-state index in [1.807, 2.05) is 66.1 Å². The summed E-state index contributed by atoms with van der Waals surface area (Å²) in [5, 5.41) is 2.83. The molecule has 1 aromatic heterocycles. The number of aromatic nitrogens is 2. The fourth-order valence-corrected chi connectivity index (χ4v) is 3.72. The summed E-state index contributed by atoms with van der Waals surface area (Å²) in [6, 6.07) is 16.8. The number of imidazole rings is 1. The molecule has 0 spiro atoms. The summed E-state index contributed by atoms with van der Waals surface area (Å²) >= 11 is 0. The second kappa shape index (κ2) is 8.34. The van der Waals surface area contributed by atoms with Crippen LogP contribution in [0.4, 0.5) is 0 Å². The van der Waals surface area contributed by atoms with E-state index in [4.69, 9.17) is 4.74 Å². The van der Waals surface area contributed by atoms with E-state index in [0.717, 1.165) is 16.8 Å². The zero-order valence-electron chi connectivity index (χ0n) is 16.4. The van der Waals surface area contributed by atoms with Crippen LogP contribution in [0.1, 0.15) is 19.2 Å². The third kappa shape index (κ3) is 3.94. The van der Waals surface area contributed by atoms with Crippen LogP contribution in [0.25, 0.3) is 11.0 Å². The van der Waals surface area contributed by atoms with Crippen molar-refractivity contribution >= 4 is 22.8 Å². The van der Waals surface area contributed by atoms with E-state index in [1.54, 1.807) is 4.90 Å². The van der Waals surface area contributed by atoms with Crippen LogP contribution >= 0.6 is 0 Å². The Bertz CT molecular complexity index is 1020. The van der Waals surface area contributed by atoms with Gasteiger partial charge in [0.15, 0.2) is 0 Å². The van der Waals surface area contributed by atoms with E-state index in [0.29, 0.717) is 25.3 Å². The van der Waals surface area contributed by atoms with Crippen LogP contribution in [0.5, 0.6) is 5.75 Å². The number of rotatable bonds is 6. The molecule has 2 heterocycles. The number of carbonyl (C=O) groups is 2. The van der Waals surface area contributed by atoms with Gasteiger partial charge in [0.25, 0.3) is 0 Å². The monoisotopic (exact) mass is 392 g/mol. The van der Waals surface area contributed by atoms with Crippen LogP contribution in [0.15, 0.2) is 54.6 Å². The van der Waals surface area contributed by atoms with E-state index < -0.39 is 6.04 Å². The first-order valence-electron chi connectivity index (χ1n) is 9.86. The molecule has 3 aromatic rings. The van der Waals surface area contributed by atoms with Crippen LogP contribution in [0.2, 0.25) is 0 Å². The maximum absolute atomic E-state index is 13.1. The topological polar surface area (TPSA) is 76.5 Å². The maximum atomic E-state index is 13.1. The van der Waals surface area contributed by atoms with Crippen molar-refractivity contribution in [2.45, 2.75) is 32.5 Å². The number of nitrogens with zero attached hydrogens (tertiary/aromatic N) is 3. The first kappa shape index (κ1) is 19.0. The highest BCUT2D eigenvalue weighted by Gasteiger charge is 2.32. The van der Waals surface area contributed by atoms with E-state index in [9.17, 15) is 9.59 Å². The van der Waals surface area contributed by atoms with Gasteiger partial charge in [-0.05, 0) is 30.7 Å². The average Bonchev–Trinajstić information content (AvgIpc) is 3.10. The number of fused-ring (bicyclic) bond motifs is 1. The number of amides is 2. The average molecular weight is 392 g/mol. The lowest BCUT2D eigenvalue weighted by Gasteiger charge is -2.34. The molecule has 1 N–H and O–H groups in total. The summed E-state index contributed by atoms with van der Waals surface area (Å²) in [6.45, 7) is 3.30. The quantitative estimate of drug-likeness (QED) is 0.699. The molecule has 2 amide bonds. The second-order valence-corrected chi connectivity index (χ2v) is 7.01. The van der Waals surface area contributed by atoms with Crippen LogP contribution in [-0.2, 0) is 22.7 Å². The molecule has 0 aliphatic carbocycles. The molecular weight excluding hydrogens is 368 g/mol. The Hall–Kier alpha value is -3.35. The van der Waals surface area contributed by atoms with Crippen molar-refractivity contribution in [3.8, 4) is 5.75 Å². The first-order valence-corrected chi connectivity index (χ1v) is 9.86. The molecule has 1 atom stereocenters. The predicted molar refractivity (Wildman–Crippen MR) is 109 cm³/mol. The van der Waals surface area contributed by atoms with Gasteiger partial charge in [-0.15, -0.1) is 0 Å². The van der Waals surface area contributed by atoms with E-state index in [2.05, 4.69) is 10.3 Å². The van der Waals surface area contributed by atoms with E-state index in [-0.39, 0.29) is 25.0 Å². The zero-order valence-corrected chi connectivity index (χ0v) is 16.4. The summed E-state index contributed by atoms with van der Waals surface area (Å²) in [5.41, 5.74) is 1.69. The number of nitrogens with one attached hydrogen (secondary N) is 1. The standard InChI is InChI=1S/C22H24N4O3/c1-2-18-22(28)23-12-13-25(18)21(27)14-26-19-11-7-6-10-17(19)24-20(26)15-29-16-8-4-3-5-9-16/h3-11,18H,2,12-15H2,1H3,(H,23,28). The summed E-state index contributed by atoms with van der Waals surface area (Å²) in [4.78, 5) is 31.6. The van der Waals surface area contributed by atoms with Gasteiger partial charge in [-0.3, -0.25) is 9.59 Å². The summed E-state index contributed by atoms with van der Waals surface area (Å²) in [7, 11) is 0. The predicted octanol–water partition coefficient (Wildman–Crippen LogP) is 2.35. The molecule has 4 rings (SSSR count). The smallest absolute Gasteiger partial charge is 0.243 e. The van der Waals surface area contributed by atoms with Crippen molar-refractivity contribution in [1.29, 1.82) is 0 Å². The highest BCUT2D eigenvalue weighted by atomic mass is 16.5. The second-order valence-electron chi connectivity index (χ2n) is 7.01. The third-order valence-corrected chi connectivity index (χ3v) is 5.18. The lowest BCUT2D eigenvalue weighted by molar-refractivity contribution is -0.143. The van der Waals surface area contributed by atoms with Gasteiger partial charge < -0.3 is 19.5 Å². The first-order chi connectivity index (χ1) is 14.2. The van der Waals surface area contributed by atoms with Gasteiger partial charge in [0.05, 0.1) is 11.0 Å². The maximum Gasteiger partial charge on any atom is 0.243 e. The fourth-order valence-electron chi connectivity index (χ4n) is 3.72. The lowest BCUT2D eigenvalue weighted by Crippen LogP contribution is -2.57. The molecule has 1 aliphatic heterocycles. The molecule has 2 aromatic carbocycles. The number of piperazine rings is 1. The van der Waals surface area contributed by atoms with Crippen molar-refractivity contribution in [3.63, 3.8) is 0 Å². The van der Waals surface area contributed by atoms with Gasteiger partial charge in [0, 0.05) is 13.1 Å². The molecule has 29 heavy (non-hydrogen) atoms. The molecule has 1 fully saturated rings. The van der Waals surface area contributed by atoms with Gasteiger partial charge in [0.2, 0.25) is 11.8 Å². The molecule has 1 saturated heterocycles. The Labute approximate surface area is 169 Å². The zero-order chi connectivity index (χ0) is 20.2. The molecule has 0 bridgehead atoms. The number of hydrogen-bond donors (Lipinski definition) is 1. The SMILES string of the molecule is CCC1C(=O)NCCN1C(=O)Cn1c(COc2ccccc2)nc2ccccc21. The van der Waals surface area contributed by atoms with E-state index >= 15 is 0 Å². The van der Waals surface area contributed by atoms with Crippen LogP contribution in [0.3, 0.4) is 0 Å². The van der Waals surface area contributed by atoms with Crippen molar-refractivity contribution in [2.24, 2.45) is 0 Å². The Balaban J connectivity index is 1.60. The summed E-state index contributed by atoms with van der Waals surface area (Å²) in [6.07, 6.45) is 0.590. The number of ether oxygens (including phenoxy) is 1. The van der Waals surface area contributed by atoms with Crippen molar-refractivity contribution in [1.82, 2.24) is 19.8 Å². The van der Waals surface area contributed by atoms with Gasteiger partial charge in [-0.2, -0.15) is 0 Å². The summed E-state index contributed by atoms with van der Waals surface area (Å²) in [5.74, 6) is 1.25.